The molecule has 3 N–H and O–H groups in total. The van der Waals surface area contributed by atoms with Gasteiger partial charge in [-0.05, 0) is 38.3 Å². The number of esters is 1. The van der Waals surface area contributed by atoms with Crippen molar-refractivity contribution in [3.05, 3.63) is 46.5 Å². The Morgan fingerprint density at radius 1 is 1.38 bits per heavy atom. The van der Waals surface area contributed by atoms with Gasteiger partial charge in [-0.3, -0.25) is 0 Å². The molecular formula is C20H22FN3O2. The molecule has 0 aliphatic carbocycles. The number of carbonyl (C=O) groups excluding carboxylic acids is 1. The predicted molar refractivity (Wildman–Crippen MR) is 101 cm³/mol. The number of nitrogens with two attached hydrogens (primary N) is 1. The van der Waals surface area contributed by atoms with Crippen molar-refractivity contribution in [2.75, 3.05) is 12.3 Å². The minimum absolute atomic E-state index is 0.220. The van der Waals surface area contributed by atoms with E-state index < -0.39 is 11.9 Å². The number of rotatable bonds is 4. The molecule has 0 saturated carbocycles. The lowest BCUT2D eigenvalue weighted by molar-refractivity contribution is 0.0528. The van der Waals surface area contributed by atoms with E-state index in [-0.39, 0.29) is 18.0 Å². The van der Waals surface area contributed by atoms with Crippen molar-refractivity contribution in [3.63, 3.8) is 0 Å². The number of hydrogen-bond acceptors (Lipinski definition) is 4. The number of ether oxygens (including phenoxy) is 1. The summed E-state index contributed by atoms with van der Waals surface area (Å²) in [6.07, 6.45) is 1.41. The standard InChI is InChI=1S/C20H22FN3O2/c1-4-12-9-13-7-6-8-14(17(13)24-18(21)11(12)3)16-10-15(19(22)23-16)20(25)26-5-2/h6-8,10,23H,4-5,9,22H2,1-3H3. The topological polar surface area (TPSA) is 80.5 Å². The second kappa shape index (κ2) is 7.15. The lowest BCUT2D eigenvalue weighted by Crippen LogP contribution is -2.05. The Bertz CT molecular complexity index is 925. The van der Waals surface area contributed by atoms with Crippen molar-refractivity contribution in [2.45, 2.75) is 33.6 Å². The van der Waals surface area contributed by atoms with Gasteiger partial charge in [0.05, 0.1) is 18.0 Å². The first-order valence-corrected chi connectivity index (χ1v) is 8.67. The van der Waals surface area contributed by atoms with E-state index in [2.05, 4.69) is 9.98 Å². The molecule has 1 aliphatic heterocycles. The van der Waals surface area contributed by atoms with Crippen LogP contribution in [-0.4, -0.2) is 23.5 Å². The summed E-state index contributed by atoms with van der Waals surface area (Å²) in [5.74, 6) is -0.745. The SMILES string of the molecule is CCOC(=O)c1cc(-c2cccc3c2N=C(F)C(C)=C(CC)C3)[nH]c1N. The fraction of sp³-hybridized carbons (Fsp3) is 0.300. The number of nitrogen functional groups attached to an aromatic ring is 1. The number of aromatic amines is 1. The first-order valence-electron chi connectivity index (χ1n) is 8.67. The predicted octanol–water partition coefficient (Wildman–Crippen LogP) is 4.72. The summed E-state index contributed by atoms with van der Waals surface area (Å²) in [7, 11) is 0. The van der Waals surface area contributed by atoms with Gasteiger partial charge in [0.25, 0.3) is 0 Å². The number of aromatic nitrogens is 1. The Labute approximate surface area is 151 Å². The first-order chi connectivity index (χ1) is 12.5. The van der Waals surface area contributed by atoms with Crippen LogP contribution in [0.25, 0.3) is 11.3 Å². The van der Waals surface area contributed by atoms with Crippen LogP contribution in [0.5, 0.6) is 0 Å². The van der Waals surface area contributed by atoms with Crippen LogP contribution in [0.2, 0.25) is 0 Å². The van der Waals surface area contributed by atoms with Gasteiger partial charge in [0.2, 0.25) is 5.97 Å². The van der Waals surface area contributed by atoms with Crippen LogP contribution < -0.4 is 5.73 Å². The molecule has 2 aromatic rings. The molecule has 0 fully saturated rings. The number of allylic oxidation sites excluding steroid dienone is 2. The maximum absolute atomic E-state index is 14.5. The number of hydrogen-bond donors (Lipinski definition) is 2. The van der Waals surface area contributed by atoms with Crippen LogP contribution in [0.15, 0.2) is 40.4 Å². The van der Waals surface area contributed by atoms with Gasteiger partial charge in [0.15, 0.2) is 0 Å². The molecule has 1 aromatic heterocycles. The highest BCUT2D eigenvalue weighted by Gasteiger charge is 2.21. The molecule has 0 saturated heterocycles. The average molecular weight is 355 g/mol. The number of anilines is 1. The summed E-state index contributed by atoms with van der Waals surface area (Å²) < 4.78 is 19.6. The molecule has 1 aromatic carbocycles. The van der Waals surface area contributed by atoms with Gasteiger partial charge >= 0.3 is 5.97 Å². The van der Waals surface area contributed by atoms with Crippen molar-refractivity contribution in [2.24, 2.45) is 4.99 Å². The Balaban J connectivity index is 2.11. The molecule has 26 heavy (non-hydrogen) atoms. The van der Waals surface area contributed by atoms with E-state index in [1.165, 1.54) is 0 Å². The monoisotopic (exact) mass is 355 g/mol. The zero-order chi connectivity index (χ0) is 18.8. The number of benzene rings is 1. The fourth-order valence-electron chi connectivity index (χ4n) is 3.16. The molecule has 0 spiro atoms. The van der Waals surface area contributed by atoms with Crippen molar-refractivity contribution in [1.82, 2.24) is 4.98 Å². The molecular weight excluding hydrogens is 333 g/mol. The molecule has 1 aliphatic rings. The van der Waals surface area contributed by atoms with Gasteiger partial charge in [0, 0.05) is 11.1 Å². The lowest BCUT2D eigenvalue weighted by Gasteiger charge is -2.10. The average Bonchev–Trinajstić information content (AvgIpc) is 2.96. The minimum atomic E-state index is -0.491. The van der Waals surface area contributed by atoms with Gasteiger partial charge in [0.1, 0.15) is 11.4 Å². The van der Waals surface area contributed by atoms with Gasteiger partial charge in [-0.1, -0.05) is 30.7 Å². The number of nitrogens with one attached hydrogen (secondary N) is 1. The van der Waals surface area contributed by atoms with E-state index in [0.29, 0.717) is 28.9 Å². The minimum Gasteiger partial charge on any atom is -0.462 e. The summed E-state index contributed by atoms with van der Waals surface area (Å²) in [5.41, 5.74) is 10.6. The zero-order valence-electron chi connectivity index (χ0n) is 15.1. The number of aliphatic imine (C=N–C) groups is 1. The zero-order valence-corrected chi connectivity index (χ0v) is 15.1. The van der Waals surface area contributed by atoms with Gasteiger partial charge < -0.3 is 15.5 Å². The highest BCUT2D eigenvalue weighted by Crippen LogP contribution is 2.38. The first kappa shape index (κ1) is 17.9. The quantitative estimate of drug-likeness (QED) is 0.779. The van der Waals surface area contributed by atoms with Crippen LogP contribution in [0.4, 0.5) is 15.9 Å². The second-order valence-electron chi connectivity index (χ2n) is 6.21. The van der Waals surface area contributed by atoms with E-state index in [4.69, 9.17) is 10.5 Å². The molecule has 6 heteroatoms. The van der Waals surface area contributed by atoms with Gasteiger partial charge in [-0.2, -0.15) is 4.39 Å². The maximum atomic E-state index is 14.5. The van der Waals surface area contributed by atoms with Crippen LogP contribution in [0.1, 0.15) is 43.1 Å². The number of fused-ring (bicyclic) bond motifs is 1. The van der Waals surface area contributed by atoms with Crippen LogP contribution in [0.3, 0.4) is 0 Å². The third kappa shape index (κ3) is 3.14. The van der Waals surface area contributed by atoms with E-state index in [1.54, 1.807) is 19.9 Å². The molecule has 0 unspecified atom stereocenters. The van der Waals surface area contributed by atoms with E-state index in [9.17, 15) is 9.18 Å². The van der Waals surface area contributed by atoms with Crippen molar-refractivity contribution < 1.29 is 13.9 Å². The Morgan fingerprint density at radius 2 is 2.15 bits per heavy atom. The number of nitrogens with zero attached hydrogens (tertiary/aromatic N) is 1. The van der Waals surface area contributed by atoms with Crippen LogP contribution in [0, 0.1) is 0 Å². The molecule has 0 bridgehead atoms. The van der Waals surface area contributed by atoms with Gasteiger partial charge in [-0.15, -0.1) is 0 Å². The normalized spacial score (nSPS) is 13.9. The summed E-state index contributed by atoms with van der Waals surface area (Å²) in [6.45, 7) is 5.77. The third-order valence-corrected chi connectivity index (χ3v) is 4.63. The number of halogens is 1. The molecule has 3 rings (SSSR count). The van der Waals surface area contributed by atoms with Crippen LogP contribution >= 0.6 is 0 Å². The van der Waals surface area contributed by atoms with E-state index >= 15 is 0 Å². The second-order valence-corrected chi connectivity index (χ2v) is 6.21. The Kier molecular flexibility index (Phi) is 4.93. The highest BCUT2D eigenvalue weighted by atomic mass is 19.1. The molecule has 2 heterocycles. The van der Waals surface area contributed by atoms with Crippen molar-refractivity contribution in [1.29, 1.82) is 0 Å². The number of para-hydroxylation sites is 1. The molecule has 0 atom stereocenters. The number of H-pyrrole nitrogens is 1. The lowest BCUT2D eigenvalue weighted by atomic mass is 9.96. The third-order valence-electron chi connectivity index (χ3n) is 4.63. The molecule has 0 radical (unpaired) electrons. The molecule has 136 valence electrons. The van der Waals surface area contributed by atoms with Crippen molar-refractivity contribution in [3.8, 4) is 11.3 Å². The van der Waals surface area contributed by atoms with E-state index in [0.717, 1.165) is 17.6 Å². The smallest absolute Gasteiger partial charge is 0.341 e. The van der Waals surface area contributed by atoms with Crippen LogP contribution in [-0.2, 0) is 11.2 Å². The highest BCUT2D eigenvalue weighted by molar-refractivity contribution is 5.99. The molecule has 5 nitrogen and oxygen atoms in total. The summed E-state index contributed by atoms with van der Waals surface area (Å²) in [6, 6.07) is 7.31. The van der Waals surface area contributed by atoms with Gasteiger partial charge in [-0.25, -0.2) is 9.79 Å². The Morgan fingerprint density at radius 3 is 2.85 bits per heavy atom. The number of carbonyl (C=O) groups is 1. The van der Waals surface area contributed by atoms with E-state index in [1.807, 2.05) is 25.1 Å². The molecule has 0 amide bonds. The fourth-order valence-corrected chi connectivity index (χ4v) is 3.16. The van der Waals surface area contributed by atoms with Crippen molar-refractivity contribution >= 4 is 23.4 Å². The summed E-state index contributed by atoms with van der Waals surface area (Å²) in [5, 5.41) is 0. The Hall–Kier alpha value is -2.89. The summed E-state index contributed by atoms with van der Waals surface area (Å²) in [4.78, 5) is 19.2. The largest absolute Gasteiger partial charge is 0.462 e. The summed E-state index contributed by atoms with van der Waals surface area (Å²) >= 11 is 0. The maximum Gasteiger partial charge on any atom is 0.341 e.